The van der Waals surface area contributed by atoms with Gasteiger partial charge in [0.05, 0.1) is 5.52 Å². The molecule has 2 amide bonds. The Kier molecular flexibility index (Phi) is 5.92. The van der Waals surface area contributed by atoms with Crippen LogP contribution in [-0.4, -0.2) is 45.4 Å². The minimum Gasteiger partial charge on any atom is -0.481 e. The molecular weight excluding hydrogens is 358 g/mol. The van der Waals surface area contributed by atoms with Crippen LogP contribution in [0.3, 0.4) is 0 Å². The molecule has 0 spiro atoms. The van der Waals surface area contributed by atoms with Gasteiger partial charge in [-0.3, -0.25) is 19.4 Å². The third-order valence-corrected chi connectivity index (χ3v) is 5.44. The molecule has 0 aliphatic carbocycles. The predicted octanol–water partition coefficient (Wildman–Crippen LogP) is 2.49. The van der Waals surface area contributed by atoms with Gasteiger partial charge in [-0.1, -0.05) is 18.2 Å². The summed E-state index contributed by atoms with van der Waals surface area (Å²) in [6, 6.07) is 9.72. The molecule has 148 valence electrons. The van der Waals surface area contributed by atoms with E-state index in [1.165, 1.54) is 0 Å². The number of carbonyl (C=O) groups excluding carboxylic acids is 2. The molecule has 2 heterocycles. The van der Waals surface area contributed by atoms with Crippen LogP contribution in [0, 0.1) is 0 Å². The van der Waals surface area contributed by atoms with Gasteiger partial charge < -0.3 is 15.3 Å². The van der Waals surface area contributed by atoms with Gasteiger partial charge in [-0.2, -0.15) is 0 Å². The Labute approximate surface area is 163 Å². The lowest BCUT2D eigenvalue weighted by Crippen LogP contribution is -2.43. The lowest BCUT2D eigenvalue weighted by molar-refractivity contribution is -0.137. The van der Waals surface area contributed by atoms with E-state index >= 15 is 0 Å². The molecule has 1 aliphatic heterocycles. The molecule has 7 heteroatoms. The number of aromatic nitrogens is 1. The average molecular weight is 383 g/mol. The number of fused-ring (bicyclic) bond motifs is 1. The molecule has 0 bridgehead atoms. The van der Waals surface area contributed by atoms with Crippen molar-refractivity contribution in [1.29, 1.82) is 0 Å². The normalized spacial score (nSPS) is 18.8. The monoisotopic (exact) mass is 383 g/mol. The van der Waals surface area contributed by atoms with Crippen LogP contribution in [0.1, 0.15) is 44.1 Å². The highest BCUT2D eigenvalue weighted by molar-refractivity contribution is 5.83. The zero-order valence-corrected chi connectivity index (χ0v) is 16.0. The van der Waals surface area contributed by atoms with Crippen molar-refractivity contribution in [3.63, 3.8) is 0 Å². The third kappa shape index (κ3) is 4.65. The quantitative estimate of drug-likeness (QED) is 0.730. The van der Waals surface area contributed by atoms with E-state index in [-0.39, 0.29) is 24.7 Å². The summed E-state index contributed by atoms with van der Waals surface area (Å²) < 4.78 is 0. The second kappa shape index (κ2) is 8.37. The van der Waals surface area contributed by atoms with Gasteiger partial charge in [0, 0.05) is 50.0 Å². The molecule has 1 aromatic carbocycles. The average Bonchev–Trinajstić information content (AvgIpc) is 3.06. The SMILES string of the molecule is CN(Cc1cccc2ncccc12)C(=O)CCC1(CCC(=O)O)CCC(=O)N1. The van der Waals surface area contributed by atoms with Gasteiger partial charge in [0.25, 0.3) is 0 Å². The van der Waals surface area contributed by atoms with Gasteiger partial charge in [-0.25, -0.2) is 0 Å². The summed E-state index contributed by atoms with van der Waals surface area (Å²) in [6.45, 7) is 0.469. The Morgan fingerprint density at radius 1 is 1.21 bits per heavy atom. The van der Waals surface area contributed by atoms with Crippen LogP contribution < -0.4 is 5.32 Å². The van der Waals surface area contributed by atoms with E-state index in [0.717, 1.165) is 16.5 Å². The molecule has 1 aromatic heterocycles. The first-order chi connectivity index (χ1) is 13.4. The van der Waals surface area contributed by atoms with Crippen LogP contribution in [0.2, 0.25) is 0 Å². The first-order valence-corrected chi connectivity index (χ1v) is 9.48. The summed E-state index contributed by atoms with van der Waals surface area (Å²) in [5.74, 6) is -1.00. The number of hydrogen-bond donors (Lipinski definition) is 2. The fraction of sp³-hybridized carbons (Fsp3) is 0.429. The molecule has 0 radical (unpaired) electrons. The number of pyridine rings is 1. The number of rotatable bonds is 8. The summed E-state index contributed by atoms with van der Waals surface area (Å²) in [5, 5.41) is 12.9. The fourth-order valence-corrected chi connectivity index (χ4v) is 3.81. The topological polar surface area (TPSA) is 99.6 Å². The number of aliphatic carboxylic acids is 1. The minimum absolute atomic E-state index is 0.0205. The van der Waals surface area contributed by atoms with Crippen molar-refractivity contribution in [2.45, 2.75) is 50.6 Å². The van der Waals surface area contributed by atoms with Gasteiger partial charge in [0.2, 0.25) is 11.8 Å². The lowest BCUT2D eigenvalue weighted by Gasteiger charge is -2.29. The van der Waals surface area contributed by atoms with Gasteiger partial charge >= 0.3 is 5.97 Å². The van der Waals surface area contributed by atoms with Crippen LogP contribution >= 0.6 is 0 Å². The van der Waals surface area contributed by atoms with Gasteiger partial charge in [-0.05, 0) is 37.0 Å². The van der Waals surface area contributed by atoms with Crippen molar-refractivity contribution in [1.82, 2.24) is 15.2 Å². The maximum Gasteiger partial charge on any atom is 0.303 e. The van der Waals surface area contributed by atoms with Gasteiger partial charge in [0.15, 0.2) is 0 Å². The van der Waals surface area contributed by atoms with Crippen molar-refractivity contribution in [3.05, 3.63) is 42.1 Å². The van der Waals surface area contributed by atoms with Crippen molar-refractivity contribution in [2.75, 3.05) is 7.05 Å². The van der Waals surface area contributed by atoms with E-state index < -0.39 is 11.5 Å². The number of amides is 2. The van der Waals surface area contributed by atoms with E-state index in [1.54, 1.807) is 18.1 Å². The number of carboxylic acids is 1. The lowest BCUT2D eigenvalue weighted by atomic mass is 9.86. The van der Waals surface area contributed by atoms with Gasteiger partial charge in [-0.15, -0.1) is 0 Å². The van der Waals surface area contributed by atoms with Crippen LogP contribution in [0.5, 0.6) is 0 Å². The fourth-order valence-electron chi connectivity index (χ4n) is 3.81. The van der Waals surface area contributed by atoms with E-state index in [9.17, 15) is 14.4 Å². The molecule has 1 aliphatic rings. The smallest absolute Gasteiger partial charge is 0.303 e. The highest BCUT2D eigenvalue weighted by atomic mass is 16.4. The van der Waals surface area contributed by atoms with E-state index in [4.69, 9.17) is 5.11 Å². The molecule has 3 rings (SSSR count). The summed E-state index contributed by atoms with van der Waals surface area (Å²) >= 11 is 0. The Balaban J connectivity index is 1.63. The molecule has 1 fully saturated rings. The highest BCUT2D eigenvalue weighted by Gasteiger charge is 2.38. The van der Waals surface area contributed by atoms with Crippen LogP contribution in [0.15, 0.2) is 36.5 Å². The zero-order valence-electron chi connectivity index (χ0n) is 16.0. The van der Waals surface area contributed by atoms with Crippen molar-refractivity contribution >= 4 is 28.7 Å². The molecule has 1 saturated heterocycles. The Morgan fingerprint density at radius 2 is 2.00 bits per heavy atom. The van der Waals surface area contributed by atoms with Crippen molar-refractivity contribution in [2.24, 2.45) is 0 Å². The number of carboxylic acid groups (broad SMARTS) is 1. The molecule has 2 N–H and O–H groups in total. The first kappa shape index (κ1) is 19.8. The summed E-state index contributed by atoms with van der Waals surface area (Å²) in [4.78, 5) is 41.3. The van der Waals surface area contributed by atoms with E-state index in [0.29, 0.717) is 32.2 Å². The molecule has 2 aromatic rings. The third-order valence-electron chi connectivity index (χ3n) is 5.44. The maximum absolute atomic E-state index is 12.7. The molecule has 28 heavy (non-hydrogen) atoms. The number of nitrogens with zero attached hydrogens (tertiary/aromatic N) is 2. The standard InChI is InChI=1S/C21H25N3O4/c1-24(14-15-4-2-6-17-16(15)5-3-13-22-17)19(26)8-11-21(12-9-20(27)28)10-7-18(25)23-21/h2-6,13H,7-12,14H2,1H3,(H,23,25)(H,27,28). The zero-order chi connectivity index (χ0) is 20.1. The highest BCUT2D eigenvalue weighted by Crippen LogP contribution is 2.30. The molecule has 1 unspecified atom stereocenters. The Morgan fingerprint density at radius 3 is 2.71 bits per heavy atom. The van der Waals surface area contributed by atoms with Crippen LogP contribution in [0.4, 0.5) is 0 Å². The van der Waals surface area contributed by atoms with Gasteiger partial charge in [0.1, 0.15) is 0 Å². The van der Waals surface area contributed by atoms with Crippen molar-refractivity contribution < 1.29 is 19.5 Å². The number of benzene rings is 1. The van der Waals surface area contributed by atoms with Crippen LogP contribution in [-0.2, 0) is 20.9 Å². The second-order valence-corrected chi connectivity index (χ2v) is 7.46. The maximum atomic E-state index is 12.7. The van der Waals surface area contributed by atoms with E-state index in [2.05, 4.69) is 10.3 Å². The molecular formula is C21H25N3O4. The molecule has 0 saturated carbocycles. The second-order valence-electron chi connectivity index (χ2n) is 7.46. The number of hydrogen-bond acceptors (Lipinski definition) is 4. The Hall–Kier alpha value is -2.96. The van der Waals surface area contributed by atoms with Crippen LogP contribution in [0.25, 0.3) is 10.9 Å². The molecule has 1 atom stereocenters. The minimum atomic E-state index is -0.895. The summed E-state index contributed by atoms with van der Waals surface area (Å²) in [5.41, 5.74) is 1.33. The largest absolute Gasteiger partial charge is 0.481 e. The molecule has 7 nitrogen and oxygen atoms in total. The summed E-state index contributed by atoms with van der Waals surface area (Å²) in [7, 11) is 1.76. The predicted molar refractivity (Wildman–Crippen MR) is 104 cm³/mol. The summed E-state index contributed by atoms with van der Waals surface area (Å²) in [6.07, 6.45) is 3.74. The Bertz CT molecular complexity index is 893. The number of nitrogens with one attached hydrogen (secondary N) is 1. The first-order valence-electron chi connectivity index (χ1n) is 9.48. The number of carbonyl (C=O) groups is 3. The van der Waals surface area contributed by atoms with Crippen molar-refractivity contribution in [3.8, 4) is 0 Å². The van der Waals surface area contributed by atoms with E-state index in [1.807, 2.05) is 30.3 Å².